The molecule has 0 unspecified atom stereocenters. The molecule has 108 valence electrons. The molecule has 1 aromatic rings. The van der Waals surface area contributed by atoms with Gasteiger partial charge in [0.25, 0.3) is 11.8 Å². The van der Waals surface area contributed by atoms with Crippen molar-refractivity contribution in [1.82, 2.24) is 10.6 Å². The molecule has 1 aliphatic rings. The van der Waals surface area contributed by atoms with Gasteiger partial charge in [0.05, 0.1) is 0 Å². The van der Waals surface area contributed by atoms with Crippen LogP contribution in [0, 0.1) is 0 Å². The van der Waals surface area contributed by atoms with Crippen LogP contribution >= 0.6 is 0 Å². The van der Waals surface area contributed by atoms with E-state index in [0.29, 0.717) is 24.9 Å². The molecule has 2 rings (SSSR count). The molecular weight excluding hydrogens is 256 g/mol. The number of hydrogen-bond acceptors (Lipinski definition) is 3. The number of nitrogens with one attached hydrogen (secondary N) is 2. The highest BCUT2D eigenvalue weighted by molar-refractivity contribution is 5.94. The van der Waals surface area contributed by atoms with Crippen molar-refractivity contribution in [1.29, 1.82) is 0 Å². The summed E-state index contributed by atoms with van der Waals surface area (Å²) in [6, 6.07) is 7.02. The fourth-order valence-corrected chi connectivity index (χ4v) is 2.45. The Morgan fingerprint density at radius 1 is 1.20 bits per heavy atom. The largest absolute Gasteiger partial charge is 0.380 e. The minimum absolute atomic E-state index is 0.138. The first kappa shape index (κ1) is 14.5. The molecule has 20 heavy (non-hydrogen) atoms. The first-order valence-electron chi connectivity index (χ1n) is 6.87. The van der Waals surface area contributed by atoms with E-state index in [1.54, 1.807) is 31.3 Å². The quantitative estimate of drug-likeness (QED) is 0.766. The average molecular weight is 276 g/mol. The van der Waals surface area contributed by atoms with E-state index >= 15 is 0 Å². The lowest BCUT2D eigenvalue weighted by atomic mass is 10.0. The highest BCUT2D eigenvalue weighted by atomic mass is 16.3. The predicted octanol–water partition coefficient (Wildman–Crippen LogP) is 0.967. The van der Waals surface area contributed by atoms with Crippen LogP contribution in [0.4, 0.5) is 0 Å². The minimum Gasteiger partial charge on any atom is -0.380 e. The Balaban J connectivity index is 1.91. The molecule has 1 aromatic carbocycles. The van der Waals surface area contributed by atoms with Gasteiger partial charge in [0.15, 0.2) is 0 Å². The second-order valence-corrected chi connectivity index (χ2v) is 5.20. The van der Waals surface area contributed by atoms with E-state index in [2.05, 4.69) is 10.6 Å². The molecule has 3 N–H and O–H groups in total. The maximum Gasteiger partial charge on any atom is 0.252 e. The van der Waals surface area contributed by atoms with Gasteiger partial charge in [-0.2, -0.15) is 0 Å². The normalized spacial score (nSPS) is 16.7. The molecule has 0 saturated heterocycles. The monoisotopic (exact) mass is 276 g/mol. The summed E-state index contributed by atoms with van der Waals surface area (Å²) >= 11 is 0. The Morgan fingerprint density at radius 2 is 1.80 bits per heavy atom. The molecule has 0 spiro atoms. The van der Waals surface area contributed by atoms with Gasteiger partial charge < -0.3 is 15.7 Å². The molecule has 5 nitrogen and oxygen atoms in total. The number of amides is 2. The SMILES string of the molecule is CNC(=O)c1ccc(CNC(=O)C2(O)CCCC2)cc1. The molecule has 1 saturated carbocycles. The van der Waals surface area contributed by atoms with Crippen LogP contribution in [0.2, 0.25) is 0 Å². The van der Waals surface area contributed by atoms with Crippen LogP contribution in [-0.2, 0) is 11.3 Å². The maximum atomic E-state index is 11.9. The Labute approximate surface area is 118 Å². The fraction of sp³-hybridized carbons (Fsp3) is 0.467. The number of aliphatic hydroxyl groups is 1. The van der Waals surface area contributed by atoms with Crippen molar-refractivity contribution in [3.05, 3.63) is 35.4 Å². The van der Waals surface area contributed by atoms with Gasteiger partial charge in [0, 0.05) is 19.2 Å². The van der Waals surface area contributed by atoms with Gasteiger partial charge in [0.1, 0.15) is 5.60 Å². The minimum atomic E-state index is -1.19. The van der Waals surface area contributed by atoms with Crippen molar-refractivity contribution in [3.8, 4) is 0 Å². The molecule has 0 radical (unpaired) electrons. The summed E-state index contributed by atoms with van der Waals surface area (Å²) in [4.78, 5) is 23.3. The third-order valence-corrected chi connectivity index (χ3v) is 3.75. The van der Waals surface area contributed by atoms with Gasteiger partial charge in [0.2, 0.25) is 0 Å². The van der Waals surface area contributed by atoms with E-state index in [0.717, 1.165) is 18.4 Å². The highest BCUT2D eigenvalue weighted by Gasteiger charge is 2.38. The molecule has 1 aliphatic carbocycles. The summed E-state index contributed by atoms with van der Waals surface area (Å²) in [6.45, 7) is 0.356. The van der Waals surface area contributed by atoms with Crippen molar-refractivity contribution in [3.63, 3.8) is 0 Å². The zero-order valence-electron chi connectivity index (χ0n) is 11.6. The van der Waals surface area contributed by atoms with Gasteiger partial charge in [-0.3, -0.25) is 9.59 Å². The summed E-state index contributed by atoms with van der Waals surface area (Å²) in [5.41, 5.74) is 0.284. The van der Waals surface area contributed by atoms with Crippen molar-refractivity contribution >= 4 is 11.8 Å². The van der Waals surface area contributed by atoms with E-state index in [4.69, 9.17) is 0 Å². The molecule has 1 fully saturated rings. The van der Waals surface area contributed by atoms with Gasteiger partial charge >= 0.3 is 0 Å². The molecule has 0 atom stereocenters. The smallest absolute Gasteiger partial charge is 0.252 e. The molecule has 5 heteroatoms. The van der Waals surface area contributed by atoms with Crippen LogP contribution in [0.5, 0.6) is 0 Å². The van der Waals surface area contributed by atoms with Crippen molar-refractivity contribution < 1.29 is 14.7 Å². The van der Waals surface area contributed by atoms with Gasteiger partial charge in [-0.15, -0.1) is 0 Å². The van der Waals surface area contributed by atoms with E-state index in [1.165, 1.54) is 0 Å². The summed E-state index contributed by atoms with van der Waals surface area (Å²) in [5.74, 6) is -0.439. The van der Waals surface area contributed by atoms with Crippen LogP contribution in [0.3, 0.4) is 0 Å². The number of benzene rings is 1. The Kier molecular flexibility index (Phi) is 4.39. The fourth-order valence-electron chi connectivity index (χ4n) is 2.45. The van der Waals surface area contributed by atoms with Crippen molar-refractivity contribution in [2.24, 2.45) is 0 Å². The van der Waals surface area contributed by atoms with Crippen LogP contribution in [0.1, 0.15) is 41.6 Å². The standard InChI is InChI=1S/C15H20N2O3/c1-16-13(18)12-6-4-11(5-7-12)10-17-14(19)15(20)8-2-3-9-15/h4-7,20H,2-3,8-10H2,1H3,(H,16,18)(H,17,19). The summed E-state index contributed by atoms with van der Waals surface area (Å²) in [5, 5.41) is 15.4. The van der Waals surface area contributed by atoms with Gasteiger partial charge in [-0.25, -0.2) is 0 Å². The Morgan fingerprint density at radius 3 is 2.35 bits per heavy atom. The Bertz CT molecular complexity index is 490. The second-order valence-electron chi connectivity index (χ2n) is 5.20. The van der Waals surface area contributed by atoms with E-state index in [1.807, 2.05) is 0 Å². The van der Waals surface area contributed by atoms with E-state index < -0.39 is 5.60 Å². The third kappa shape index (κ3) is 3.17. The van der Waals surface area contributed by atoms with Crippen molar-refractivity contribution in [2.75, 3.05) is 7.05 Å². The van der Waals surface area contributed by atoms with E-state index in [9.17, 15) is 14.7 Å². The van der Waals surface area contributed by atoms with Crippen LogP contribution < -0.4 is 10.6 Å². The van der Waals surface area contributed by atoms with Gasteiger partial charge in [-0.1, -0.05) is 12.1 Å². The molecule has 0 aliphatic heterocycles. The summed E-state index contributed by atoms with van der Waals surface area (Å²) in [6.07, 6.45) is 2.86. The average Bonchev–Trinajstić information content (AvgIpc) is 2.92. The lowest BCUT2D eigenvalue weighted by Crippen LogP contribution is -2.44. The maximum absolute atomic E-state index is 11.9. The number of hydrogen-bond donors (Lipinski definition) is 3. The number of carbonyl (C=O) groups excluding carboxylic acids is 2. The third-order valence-electron chi connectivity index (χ3n) is 3.75. The summed E-state index contributed by atoms with van der Waals surface area (Å²) < 4.78 is 0. The lowest BCUT2D eigenvalue weighted by Gasteiger charge is -2.20. The highest BCUT2D eigenvalue weighted by Crippen LogP contribution is 2.29. The second kappa shape index (κ2) is 6.05. The Hall–Kier alpha value is -1.88. The predicted molar refractivity (Wildman–Crippen MR) is 75.1 cm³/mol. The van der Waals surface area contributed by atoms with Crippen molar-refractivity contribution in [2.45, 2.75) is 37.8 Å². The zero-order chi connectivity index (χ0) is 14.6. The first-order valence-corrected chi connectivity index (χ1v) is 6.87. The topological polar surface area (TPSA) is 78.4 Å². The molecule has 0 bridgehead atoms. The number of carbonyl (C=O) groups is 2. The van der Waals surface area contributed by atoms with Crippen LogP contribution in [-0.4, -0.2) is 29.6 Å². The molecule has 2 amide bonds. The molecule has 0 aromatic heterocycles. The molecule has 0 heterocycles. The van der Waals surface area contributed by atoms with Crippen LogP contribution in [0.25, 0.3) is 0 Å². The lowest BCUT2D eigenvalue weighted by molar-refractivity contribution is -0.139. The van der Waals surface area contributed by atoms with Crippen LogP contribution in [0.15, 0.2) is 24.3 Å². The van der Waals surface area contributed by atoms with E-state index in [-0.39, 0.29) is 11.8 Å². The summed E-state index contributed by atoms with van der Waals surface area (Å²) in [7, 11) is 1.58. The first-order chi connectivity index (χ1) is 9.55. The number of rotatable bonds is 4. The molecular formula is C15H20N2O3. The zero-order valence-corrected chi connectivity index (χ0v) is 11.6. The van der Waals surface area contributed by atoms with Gasteiger partial charge in [-0.05, 0) is 43.4 Å².